The van der Waals surface area contributed by atoms with E-state index in [0.29, 0.717) is 31.9 Å². The molecule has 1 fully saturated rings. The Kier molecular flexibility index (Phi) is 6.43. The van der Waals surface area contributed by atoms with Gasteiger partial charge in [-0.3, -0.25) is 14.8 Å². The number of rotatable bonds is 5. The molecule has 1 unspecified atom stereocenters. The number of aromatic amines is 1. The maximum atomic E-state index is 12.3. The maximum absolute atomic E-state index is 12.3. The van der Waals surface area contributed by atoms with E-state index < -0.39 is 0 Å². The van der Waals surface area contributed by atoms with Crippen molar-refractivity contribution in [3.8, 4) is 0 Å². The van der Waals surface area contributed by atoms with E-state index in [1.54, 1.807) is 42.1 Å². The SMILES string of the molecule is Cc1nccnc1CNc1ccc2c(c1)Sc1cccc(C3CN(c4ccc[nH]c4=O)CCO3)c1S2. The number of nitrogens with zero attached hydrogens (tertiary/aromatic N) is 3. The summed E-state index contributed by atoms with van der Waals surface area (Å²) in [6, 6.07) is 16.7. The predicted octanol–water partition coefficient (Wildman–Crippen LogP) is 5.28. The zero-order chi connectivity index (χ0) is 24.5. The highest BCUT2D eigenvalue weighted by Crippen LogP contribution is 2.51. The molecule has 7 nitrogen and oxygen atoms in total. The zero-order valence-electron chi connectivity index (χ0n) is 19.7. The summed E-state index contributed by atoms with van der Waals surface area (Å²) in [5.41, 5.74) is 4.76. The summed E-state index contributed by atoms with van der Waals surface area (Å²) in [4.78, 5) is 30.9. The first-order chi connectivity index (χ1) is 17.7. The van der Waals surface area contributed by atoms with Gasteiger partial charge in [0.05, 0.1) is 24.5 Å². The lowest BCUT2D eigenvalue weighted by molar-refractivity contribution is 0.0378. The average Bonchev–Trinajstić information content (AvgIpc) is 2.91. The molecule has 2 aliphatic rings. The van der Waals surface area contributed by atoms with Crippen LogP contribution < -0.4 is 15.8 Å². The van der Waals surface area contributed by atoms with Crippen LogP contribution in [0.25, 0.3) is 0 Å². The van der Waals surface area contributed by atoms with Gasteiger partial charge >= 0.3 is 0 Å². The monoisotopic (exact) mass is 515 g/mol. The molecule has 36 heavy (non-hydrogen) atoms. The molecule has 1 saturated heterocycles. The Labute approximate surface area is 217 Å². The third-order valence-electron chi connectivity index (χ3n) is 6.38. The van der Waals surface area contributed by atoms with Gasteiger partial charge in [-0.1, -0.05) is 35.7 Å². The van der Waals surface area contributed by atoms with Gasteiger partial charge < -0.3 is 19.9 Å². The second-order valence-electron chi connectivity index (χ2n) is 8.67. The van der Waals surface area contributed by atoms with E-state index in [9.17, 15) is 4.79 Å². The molecule has 2 aromatic carbocycles. The lowest BCUT2D eigenvalue weighted by Gasteiger charge is -2.35. The summed E-state index contributed by atoms with van der Waals surface area (Å²) in [7, 11) is 0. The number of ether oxygens (including phenoxy) is 1. The predicted molar refractivity (Wildman–Crippen MR) is 143 cm³/mol. The second-order valence-corrected chi connectivity index (χ2v) is 10.8. The van der Waals surface area contributed by atoms with E-state index in [2.05, 4.69) is 61.6 Å². The van der Waals surface area contributed by atoms with Gasteiger partial charge in [0.1, 0.15) is 11.8 Å². The van der Waals surface area contributed by atoms with Crippen LogP contribution in [0, 0.1) is 6.92 Å². The summed E-state index contributed by atoms with van der Waals surface area (Å²) in [6.45, 7) is 4.54. The van der Waals surface area contributed by atoms with Gasteiger partial charge in [0, 0.05) is 56.9 Å². The third kappa shape index (κ3) is 4.61. The molecule has 6 rings (SSSR count). The number of anilines is 2. The Morgan fingerprint density at radius 2 is 2.00 bits per heavy atom. The minimum atomic E-state index is -0.0980. The van der Waals surface area contributed by atoms with Crippen LogP contribution in [-0.2, 0) is 11.3 Å². The van der Waals surface area contributed by atoms with Crippen molar-refractivity contribution in [1.29, 1.82) is 0 Å². The van der Waals surface area contributed by atoms with Crippen molar-refractivity contribution in [2.75, 3.05) is 29.9 Å². The van der Waals surface area contributed by atoms with Crippen molar-refractivity contribution in [2.24, 2.45) is 0 Å². The average molecular weight is 516 g/mol. The number of H-pyrrole nitrogens is 1. The fraction of sp³-hybridized carbons (Fsp3) is 0.222. The van der Waals surface area contributed by atoms with Gasteiger partial charge in [-0.25, -0.2) is 0 Å². The van der Waals surface area contributed by atoms with E-state index >= 15 is 0 Å². The Hall–Kier alpha value is -3.27. The highest BCUT2D eigenvalue weighted by atomic mass is 32.2. The lowest BCUT2D eigenvalue weighted by atomic mass is 10.1. The van der Waals surface area contributed by atoms with Crippen molar-refractivity contribution < 1.29 is 4.74 Å². The van der Waals surface area contributed by atoms with Crippen LogP contribution in [0.5, 0.6) is 0 Å². The summed E-state index contributed by atoms with van der Waals surface area (Å²) in [6.07, 6.45) is 5.01. The quantitative estimate of drug-likeness (QED) is 0.327. The van der Waals surface area contributed by atoms with E-state index in [1.165, 1.54) is 25.1 Å². The Morgan fingerprint density at radius 1 is 1.08 bits per heavy atom. The summed E-state index contributed by atoms with van der Waals surface area (Å²) in [5, 5.41) is 3.49. The molecule has 2 aliphatic heterocycles. The molecule has 2 aromatic heterocycles. The van der Waals surface area contributed by atoms with E-state index in [-0.39, 0.29) is 11.7 Å². The van der Waals surface area contributed by atoms with Crippen LogP contribution in [0.1, 0.15) is 23.1 Å². The number of morpholine rings is 1. The smallest absolute Gasteiger partial charge is 0.271 e. The van der Waals surface area contributed by atoms with E-state index in [4.69, 9.17) is 4.74 Å². The van der Waals surface area contributed by atoms with Crippen molar-refractivity contribution in [2.45, 2.75) is 39.2 Å². The first kappa shape index (κ1) is 23.1. The molecule has 4 heterocycles. The van der Waals surface area contributed by atoms with Gasteiger partial charge in [0.2, 0.25) is 0 Å². The molecule has 1 atom stereocenters. The Morgan fingerprint density at radius 3 is 2.89 bits per heavy atom. The van der Waals surface area contributed by atoms with Gasteiger partial charge in [0.15, 0.2) is 0 Å². The molecular formula is C27H25N5O2S2. The minimum absolute atomic E-state index is 0.0639. The van der Waals surface area contributed by atoms with Gasteiger partial charge in [0.25, 0.3) is 5.56 Å². The van der Waals surface area contributed by atoms with Crippen LogP contribution >= 0.6 is 23.5 Å². The number of aromatic nitrogens is 3. The fourth-order valence-electron chi connectivity index (χ4n) is 4.50. The normalized spacial score (nSPS) is 16.8. The molecule has 0 bridgehead atoms. The maximum Gasteiger partial charge on any atom is 0.271 e. The molecule has 0 aliphatic carbocycles. The minimum Gasteiger partial charge on any atom is -0.379 e. The molecule has 182 valence electrons. The number of aryl methyl sites for hydroxylation is 1. The third-order valence-corrected chi connectivity index (χ3v) is 8.99. The molecule has 0 radical (unpaired) electrons. The molecule has 0 amide bonds. The van der Waals surface area contributed by atoms with Gasteiger partial charge in [-0.05, 0) is 48.9 Å². The molecule has 4 aromatic rings. The van der Waals surface area contributed by atoms with Crippen LogP contribution in [0.2, 0.25) is 0 Å². The molecule has 9 heteroatoms. The van der Waals surface area contributed by atoms with E-state index in [1.807, 2.05) is 19.1 Å². The van der Waals surface area contributed by atoms with Crippen molar-refractivity contribution in [3.63, 3.8) is 0 Å². The number of pyridine rings is 1. The standard InChI is InChI=1S/C27H25N5O2S2/c1-17-20(29-11-10-28-17)15-31-18-7-8-23-25(14-18)35-24-6-2-4-19(26(24)36-23)22-16-32(12-13-34-22)21-5-3-9-30-27(21)33/h2-11,14,22,31H,12-13,15-16H2,1H3,(H,30,33). The second kappa shape index (κ2) is 10.0. The molecule has 2 N–H and O–H groups in total. The van der Waals surface area contributed by atoms with Crippen LogP contribution in [-0.4, -0.2) is 34.6 Å². The van der Waals surface area contributed by atoms with Crippen LogP contribution in [0.4, 0.5) is 11.4 Å². The lowest BCUT2D eigenvalue weighted by Crippen LogP contribution is -2.41. The fourth-order valence-corrected chi connectivity index (χ4v) is 6.95. The van der Waals surface area contributed by atoms with Crippen molar-refractivity contribution >= 4 is 34.9 Å². The number of benzene rings is 2. The van der Waals surface area contributed by atoms with Crippen molar-refractivity contribution in [1.82, 2.24) is 15.0 Å². The molecule has 0 saturated carbocycles. The first-order valence-electron chi connectivity index (χ1n) is 11.8. The zero-order valence-corrected chi connectivity index (χ0v) is 21.4. The topological polar surface area (TPSA) is 83.1 Å². The van der Waals surface area contributed by atoms with E-state index in [0.717, 1.165) is 17.1 Å². The Balaban J connectivity index is 1.21. The molecule has 0 spiro atoms. The number of hydrogen-bond donors (Lipinski definition) is 2. The summed E-state index contributed by atoms with van der Waals surface area (Å²) < 4.78 is 6.21. The van der Waals surface area contributed by atoms with Gasteiger partial charge in [-0.15, -0.1) is 0 Å². The first-order valence-corrected chi connectivity index (χ1v) is 13.5. The largest absolute Gasteiger partial charge is 0.379 e. The summed E-state index contributed by atoms with van der Waals surface area (Å²) in [5.74, 6) is 0. The highest BCUT2D eigenvalue weighted by Gasteiger charge is 2.29. The summed E-state index contributed by atoms with van der Waals surface area (Å²) >= 11 is 3.58. The Bertz CT molecular complexity index is 1470. The van der Waals surface area contributed by atoms with Crippen LogP contribution in [0.15, 0.2) is 91.5 Å². The highest BCUT2D eigenvalue weighted by molar-refractivity contribution is 8.05. The van der Waals surface area contributed by atoms with Crippen LogP contribution in [0.3, 0.4) is 0 Å². The number of nitrogens with one attached hydrogen (secondary N) is 2. The molecular weight excluding hydrogens is 490 g/mol. The van der Waals surface area contributed by atoms with Gasteiger partial charge in [-0.2, -0.15) is 0 Å². The number of fused-ring (bicyclic) bond motifs is 2. The number of hydrogen-bond acceptors (Lipinski definition) is 8. The van der Waals surface area contributed by atoms with Crippen molar-refractivity contribution in [3.05, 3.63) is 94.4 Å².